The van der Waals surface area contributed by atoms with Gasteiger partial charge >= 0.3 is 5.97 Å². The van der Waals surface area contributed by atoms with Crippen LogP contribution in [0.5, 0.6) is 0 Å². The third-order valence-electron chi connectivity index (χ3n) is 6.06. The molecule has 1 fully saturated rings. The average molecular weight is 491 g/mol. The molecule has 1 amide bonds. The second kappa shape index (κ2) is 10.7. The molecule has 0 spiro atoms. The van der Waals surface area contributed by atoms with E-state index in [4.69, 9.17) is 4.74 Å². The summed E-state index contributed by atoms with van der Waals surface area (Å²) >= 11 is 0. The SMILES string of the molecule is Cc1cc(C)c(S(=O)(=O)N2CCC(C(=O)OCC(=O)NCc3ccc(C)c(F)c3)CC2)c(C)c1. The molecular weight excluding hydrogens is 459 g/mol. The minimum Gasteiger partial charge on any atom is -0.455 e. The van der Waals surface area contributed by atoms with Gasteiger partial charge in [0.15, 0.2) is 6.61 Å². The van der Waals surface area contributed by atoms with Gasteiger partial charge in [-0.15, -0.1) is 0 Å². The summed E-state index contributed by atoms with van der Waals surface area (Å²) in [6, 6.07) is 8.40. The van der Waals surface area contributed by atoms with E-state index in [1.54, 1.807) is 32.9 Å². The summed E-state index contributed by atoms with van der Waals surface area (Å²) in [5.74, 6) is -1.82. The number of carbonyl (C=O) groups is 2. The van der Waals surface area contributed by atoms with Crippen LogP contribution in [-0.4, -0.2) is 44.3 Å². The lowest BCUT2D eigenvalue weighted by Gasteiger charge is -2.31. The summed E-state index contributed by atoms with van der Waals surface area (Å²) in [6.45, 7) is 7.27. The lowest BCUT2D eigenvalue weighted by Crippen LogP contribution is -2.41. The molecule has 34 heavy (non-hydrogen) atoms. The van der Waals surface area contributed by atoms with E-state index in [9.17, 15) is 22.4 Å². The van der Waals surface area contributed by atoms with Gasteiger partial charge in [-0.1, -0.05) is 29.8 Å². The van der Waals surface area contributed by atoms with Crippen molar-refractivity contribution in [1.82, 2.24) is 9.62 Å². The second-order valence-corrected chi connectivity index (χ2v) is 10.7. The van der Waals surface area contributed by atoms with Gasteiger partial charge in [-0.05, 0) is 68.9 Å². The van der Waals surface area contributed by atoms with Crippen LogP contribution in [0.15, 0.2) is 35.2 Å². The van der Waals surface area contributed by atoms with Crippen LogP contribution in [0.25, 0.3) is 0 Å². The number of piperidine rings is 1. The second-order valence-electron chi connectivity index (χ2n) is 8.87. The summed E-state index contributed by atoms with van der Waals surface area (Å²) in [5, 5.41) is 2.59. The summed E-state index contributed by atoms with van der Waals surface area (Å²) < 4.78 is 46.5. The first-order valence-corrected chi connectivity index (χ1v) is 12.7. The van der Waals surface area contributed by atoms with E-state index < -0.39 is 34.4 Å². The number of rotatable bonds is 7. The van der Waals surface area contributed by atoms with Crippen molar-refractivity contribution in [3.05, 3.63) is 64.0 Å². The van der Waals surface area contributed by atoms with Crippen LogP contribution in [-0.2, 0) is 30.9 Å². The molecule has 184 valence electrons. The van der Waals surface area contributed by atoms with Crippen LogP contribution < -0.4 is 5.32 Å². The molecule has 0 unspecified atom stereocenters. The number of carbonyl (C=O) groups excluding carboxylic acids is 2. The van der Waals surface area contributed by atoms with Gasteiger partial charge < -0.3 is 10.1 Å². The Morgan fingerprint density at radius 2 is 1.65 bits per heavy atom. The fraction of sp³-hybridized carbons (Fsp3) is 0.440. The van der Waals surface area contributed by atoms with E-state index in [2.05, 4.69) is 5.32 Å². The van der Waals surface area contributed by atoms with Crippen LogP contribution >= 0.6 is 0 Å². The van der Waals surface area contributed by atoms with Crippen LogP contribution in [0.3, 0.4) is 0 Å². The van der Waals surface area contributed by atoms with E-state index in [1.165, 1.54) is 10.4 Å². The standard InChI is InChI=1S/C25H31FN2O5S/c1-16-11-18(3)24(19(4)12-16)34(31,32)28-9-7-21(8-10-28)25(30)33-15-23(29)27-14-20-6-5-17(2)22(26)13-20/h5-6,11-13,21H,7-10,14-15H2,1-4H3,(H,27,29). The molecule has 3 rings (SSSR count). The maximum atomic E-state index is 13.6. The molecule has 0 radical (unpaired) electrons. The third-order valence-corrected chi connectivity index (χ3v) is 8.27. The number of nitrogens with one attached hydrogen (secondary N) is 1. The van der Waals surface area contributed by atoms with E-state index in [-0.39, 0.29) is 25.5 Å². The zero-order valence-electron chi connectivity index (χ0n) is 20.0. The molecule has 1 aliphatic heterocycles. The van der Waals surface area contributed by atoms with Gasteiger partial charge in [0.2, 0.25) is 10.0 Å². The van der Waals surface area contributed by atoms with Crippen molar-refractivity contribution in [2.75, 3.05) is 19.7 Å². The first-order chi connectivity index (χ1) is 16.0. The molecule has 0 bridgehead atoms. The van der Waals surface area contributed by atoms with Crippen LogP contribution in [0.2, 0.25) is 0 Å². The molecule has 7 nitrogen and oxygen atoms in total. The number of hydrogen-bond donors (Lipinski definition) is 1. The third kappa shape index (κ3) is 6.01. The van der Waals surface area contributed by atoms with E-state index in [0.717, 1.165) is 5.56 Å². The molecule has 2 aromatic rings. The minimum absolute atomic E-state index is 0.127. The fourth-order valence-corrected chi connectivity index (χ4v) is 6.17. The Bertz CT molecular complexity index is 1160. The molecule has 0 aliphatic carbocycles. The largest absolute Gasteiger partial charge is 0.455 e. The molecule has 1 aliphatic rings. The lowest BCUT2D eigenvalue weighted by atomic mass is 9.98. The zero-order chi connectivity index (χ0) is 25.0. The number of ether oxygens (including phenoxy) is 1. The first-order valence-electron chi connectivity index (χ1n) is 11.3. The van der Waals surface area contributed by atoms with Crippen LogP contribution in [0.1, 0.15) is 40.7 Å². The molecule has 0 aromatic heterocycles. The van der Waals surface area contributed by atoms with Crippen molar-refractivity contribution in [2.24, 2.45) is 5.92 Å². The van der Waals surface area contributed by atoms with Gasteiger partial charge in [-0.2, -0.15) is 4.31 Å². The number of sulfonamides is 1. The van der Waals surface area contributed by atoms with Gasteiger partial charge in [0.1, 0.15) is 5.82 Å². The first kappa shape index (κ1) is 25.8. The molecule has 0 atom stereocenters. The van der Waals surface area contributed by atoms with Gasteiger partial charge in [0.25, 0.3) is 5.91 Å². The molecule has 2 aromatic carbocycles. The summed E-state index contributed by atoms with van der Waals surface area (Å²) in [5.41, 5.74) is 3.55. The smallest absolute Gasteiger partial charge is 0.309 e. The van der Waals surface area contributed by atoms with Crippen molar-refractivity contribution < 1.29 is 27.1 Å². The van der Waals surface area contributed by atoms with E-state index >= 15 is 0 Å². The number of amides is 1. The topological polar surface area (TPSA) is 92.8 Å². The molecule has 1 heterocycles. The fourth-order valence-electron chi connectivity index (χ4n) is 4.29. The Hall–Kier alpha value is -2.78. The van der Waals surface area contributed by atoms with Crippen molar-refractivity contribution in [3.63, 3.8) is 0 Å². The van der Waals surface area contributed by atoms with E-state index in [1.807, 2.05) is 19.1 Å². The Kier molecular flexibility index (Phi) is 8.09. The minimum atomic E-state index is -3.66. The Balaban J connectivity index is 1.49. The van der Waals surface area contributed by atoms with Crippen LogP contribution in [0.4, 0.5) is 4.39 Å². The zero-order valence-corrected chi connectivity index (χ0v) is 20.8. The van der Waals surface area contributed by atoms with Gasteiger partial charge in [0, 0.05) is 19.6 Å². The number of esters is 1. The summed E-state index contributed by atoms with van der Waals surface area (Å²) in [4.78, 5) is 24.7. The number of hydrogen-bond acceptors (Lipinski definition) is 5. The lowest BCUT2D eigenvalue weighted by molar-refractivity contribution is -0.153. The highest BCUT2D eigenvalue weighted by atomic mass is 32.2. The summed E-state index contributed by atoms with van der Waals surface area (Å²) in [6.07, 6.45) is 0.651. The van der Waals surface area contributed by atoms with E-state index in [0.29, 0.717) is 40.0 Å². The molecular formula is C25H31FN2O5S. The predicted octanol–water partition coefficient (Wildman–Crippen LogP) is 3.32. The number of nitrogens with zero attached hydrogens (tertiary/aromatic N) is 1. The number of benzene rings is 2. The van der Waals surface area contributed by atoms with Gasteiger partial charge in [-0.3, -0.25) is 9.59 Å². The van der Waals surface area contributed by atoms with Crippen LogP contribution in [0, 0.1) is 39.4 Å². The normalized spacial score (nSPS) is 15.2. The highest BCUT2D eigenvalue weighted by Crippen LogP contribution is 2.29. The Labute approximate surface area is 200 Å². The molecule has 9 heteroatoms. The number of aryl methyl sites for hydroxylation is 4. The number of halogens is 1. The Morgan fingerprint density at radius 3 is 2.24 bits per heavy atom. The van der Waals surface area contributed by atoms with Crippen molar-refractivity contribution >= 4 is 21.9 Å². The maximum Gasteiger partial charge on any atom is 0.309 e. The van der Waals surface area contributed by atoms with Gasteiger partial charge in [0.05, 0.1) is 10.8 Å². The van der Waals surface area contributed by atoms with Crippen molar-refractivity contribution in [1.29, 1.82) is 0 Å². The predicted molar refractivity (Wildman–Crippen MR) is 126 cm³/mol. The highest BCUT2D eigenvalue weighted by Gasteiger charge is 2.34. The monoisotopic (exact) mass is 490 g/mol. The average Bonchev–Trinajstić information content (AvgIpc) is 2.77. The molecule has 0 saturated carbocycles. The van der Waals surface area contributed by atoms with Crippen molar-refractivity contribution in [2.45, 2.75) is 52.0 Å². The summed E-state index contributed by atoms with van der Waals surface area (Å²) in [7, 11) is -3.66. The van der Waals surface area contributed by atoms with Gasteiger partial charge in [-0.25, -0.2) is 12.8 Å². The quantitative estimate of drug-likeness (QED) is 0.601. The Morgan fingerprint density at radius 1 is 1.03 bits per heavy atom. The molecule has 1 saturated heterocycles. The highest BCUT2D eigenvalue weighted by molar-refractivity contribution is 7.89. The maximum absolute atomic E-state index is 13.6. The van der Waals surface area contributed by atoms with Crippen molar-refractivity contribution in [3.8, 4) is 0 Å². The molecule has 1 N–H and O–H groups in total.